The van der Waals surface area contributed by atoms with Crippen molar-refractivity contribution in [2.45, 2.75) is 26.5 Å². The molecule has 1 N–H and O–H groups in total. The molecule has 0 bridgehead atoms. The Balaban J connectivity index is 1.87. The molecule has 5 nitrogen and oxygen atoms in total. The second-order valence-corrected chi connectivity index (χ2v) is 4.98. The molecular weight excluding hydrogens is 275 g/mol. The van der Waals surface area contributed by atoms with Crippen molar-refractivity contribution < 1.29 is 18.7 Å². The van der Waals surface area contributed by atoms with E-state index in [4.69, 9.17) is 9.47 Å². The number of ether oxygens (including phenoxy) is 2. The van der Waals surface area contributed by atoms with Crippen LogP contribution in [0.1, 0.15) is 19.4 Å². The van der Waals surface area contributed by atoms with Gasteiger partial charge >= 0.3 is 6.03 Å². The molecule has 1 aliphatic rings. The molecule has 1 saturated heterocycles. The van der Waals surface area contributed by atoms with Gasteiger partial charge in [-0.05, 0) is 31.5 Å². The zero-order valence-electron chi connectivity index (χ0n) is 12.4. The number of hydrogen-bond acceptors (Lipinski definition) is 3. The van der Waals surface area contributed by atoms with Gasteiger partial charge in [-0.15, -0.1) is 0 Å². The third-order valence-electron chi connectivity index (χ3n) is 3.27. The lowest BCUT2D eigenvalue weighted by Gasteiger charge is -2.31. The number of benzene rings is 1. The van der Waals surface area contributed by atoms with Crippen LogP contribution in [0.3, 0.4) is 0 Å². The van der Waals surface area contributed by atoms with Gasteiger partial charge in [-0.3, -0.25) is 0 Å². The largest absolute Gasteiger partial charge is 0.491 e. The smallest absolute Gasteiger partial charge is 0.317 e. The summed E-state index contributed by atoms with van der Waals surface area (Å²) in [6.45, 7) is 6.14. The first-order chi connectivity index (χ1) is 10.1. The van der Waals surface area contributed by atoms with E-state index in [2.05, 4.69) is 5.32 Å². The molecule has 2 amide bonds. The van der Waals surface area contributed by atoms with Gasteiger partial charge in [-0.2, -0.15) is 0 Å². The van der Waals surface area contributed by atoms with Gasteiger partial charge in [-0.25, -0.2) is 9.18 Å². The van der Waals surface area contributed by atoms with E-state index < -0.39 is 5.82 Å². The number of amides is 2. The van der Waals surface area contributed by atoms with Crippen LogP contribution < -0.4 is 10.1 Å². The molecule has 0 aromatic heterocycles. The molecule has 6 heteroatoms. The summed E-state index contributed by atoms with van der Waals surface area (Å²) in [5.74, 6) is -0.182. The maximum atomic E-state index is 13.7. The highest BCUT2D eigenvalue weighted by molar-refractivity contribution is 5.74. The van der Waals surface area contributed by atoms with Crippen LogP contribution in [0.25, 0.3) is 0 Å². The van der Waals surface area contributed by atoms with E-state index in [-0.39, 0.29) is 24.4 Å². The van der Waals surface area contributed by atoms with Crippen LogP contribution in [-0.4, -0.2) is 43.3 Å². The molecule has 116 valence electrons. The predicted octanol–water partition coefficient (Wildman–Crippen LogP) is 2.15. The van der Waals surface area contributed by atoms with Gasteiger partial charge in [0.05, 0.1) is 19.3 Å². The predicted molar refractivity (Wildman–Crippen MR) is 76.8 cm³/mol. The zero-order valence-corrected chi connectivity index (χ0v) is 12.4. The first-order valence-corrected chi connectivity index (χ1v) is 7.15. The maximum Gasteiger partial charge on any atom is 0.317 e. The van der Waals surface area contributed by atoms with E-state index in [0.717, 1.165) is 0 Å². The van der Waals surface area contributed by atoms with E-state index in [9.17, 15) is 9.18 Å². The lowest BCUT2D eigenvalue weighted by molar-refractivity contribution is -0.00351. The molecule has 0 radical (unpaired) electrons. The Morgan fingerprint density at radius 3 is 3.05 bits per heavy atom. The lowest BCUT2D eigenvalue weighted by Crippen LogP contribution is -2.48. The number of hydrogen-bond donors (Lipinski definition) is 1. The van der Waals surface area contributed by atoms with Crippen molar-refractivity contribution in [1.29, 1.82) is 0 Å². The minimum atomic E-state index is -0.413. The van der Waals surface area contributed by atoms with Crippen molar-refractivity contribution in [2.75, 3.05) is 26.3 Å². The molecule has 1 heterocycles. The van der Waals surface area contributed by atoms with Crippen molar-refractivity contribution in [3.8, 4) is 5.75 Å². The summed E-state index contributed by atoms with van der Waals surface area (Å²) < 4.78 is 24.2. The summed E-state index contributed by atoms with van der Waals surface area (Å²) in [6.07, 6.45) is 0.0485. The number of nitrogens with zero attached hydrogens (tertiary/aromatic N) is 1. The van der Waals surface area contributed by atoms with Gasteiger partial charge in [0, 0.05) is 19.6 Å². The number of nitrogens with one attached hydrogen (secondary N) is 1. The number of carbonyl (C=O) groups excluding carboxylic acids is 1. The Hall–Kier alpha value is -1.82. The quantitative estimate of drug-likeness (QED) is 0.926. The number of urea groups is 1. The Morgan fingerprint density at radius 1 is 1.57 bits per heavy atom. The number of rotatable bonds is 4. The first-order valence-electron chi connectivity index (χ1n) is 7.15. The van der Waals surface area contributed by atoms with E-state index in [1.807, 2.05) is 6.92 Å². The van der Waals surface area contributed by atoms with Gasteiger partial charge in [0.15, 0.2) is 11.6 Å². The fraction of sp³-hybridized carbons (Fsp3) is 0.533. The van der Waals surface area contributed by atoms with Crippen molar-refractivity contribution in [3.05, 3.63) is 29.6 Å². The highest BCUT2D eigenvalue weighted by Crippen LogP contribution is 2.18. The summed E-state index contributed by atoms with van der Waals surface area (Å²) in [7, 11) is 0. The fourth-order valence-corrected chi connectivity index (χ4v) is 2.22. The minimum Gasteiger partial charge on any atom is -0.491 e. The SMILES string of the molecule is CCOc1ccc(CNC(=O)N2CCO[C@@H](C)C2)cc1F. The van der Waals surface area contributed by atoms with Gasteiger partial charge < -0.3 is 19.7 Å². The summed E-state index contributed by atoms with van der Waals surface area (Å²) >= 11 is 0. The van der Waals surface area contributed by atoms with E-state index in [0.29, 0.717) is 31.9 Å². The average Bonchev–Trinajstić information content (AvgIpc) is 2.47. The normalized spacial score (nSPS) is 18.4. The third-order valence-corrected chi connectivity index (χ3v) is 3.27. The summed E-state index contributed by atoms with van der Waals surface area (Å²) in [5, 5.41) is 2.79. The van der Waals surface area contributed by atoms with Gasteiger partial charge in [0.1, 0.15) is 0 Å². The van der Waals surface area contributed by atoms with Crippen LogP contribution in [0, 0.1) is 5.82 Å². The molecule has 1 atom stereocenters. The number of carbonyl (C=O) groups is 1. The molecule has 0 unspecified atom stereocenters. The molecule has 21 heavy (non-hydrogen) atoms. The van der Waals surface area contributed by atoms with E-state index in [1.54, 1.807) is 24.0 Å². The second-order valence-electron chi connectivity index (χ2n) is 4.98. The van der Waals surface area contributed by atoms with Crippen LogP contribution in [0.5, 0.6) is 5.75 Å². The van der Waals surface area contributed by atoms with Crippen LogP contribution in [0.15, 0.2) is 18.2 Å². The molecule has 2 rings (SSSR count). The lowest BCUT2D eigenvalue weighted by atomic mass is 10.2. The molecular formula is C15H21FN2O3. The maximum absolute atomic E-state index is 13.7. The number of halogens is 1. The van der Waals surface area contributed by atoms with Gasteiger partial charge in [0.2, 0.25) is 0 Å². The standard InChI is InChI=1S/C15H21FN2O3/c1-3-20-14-5-4-12(8-13(14)16)9-17-15(19)18-6-7-21-11(2)10-18/h4-5,8,11H,3,6-7,9-10H2,1-2H3,(H,17,19)/t11-/m0/s1. The molecule has 0 spiro atoms. The van der Waals surface area contributed by atoms with Crippen LogP contribution >= 0.6 is 0 Å². The van der Waals surface area contributed by atoms with Crippen LogP contribution in [0.4, 0.5) is 9.18 Å². The first kappa shape index (κ1) is 15.6. The van der Waals surface area contributed by atoms with E-state index in [1.165, 1.54) is 6.07 Å². The average molecular weight is 296 g/mol. The third kappa shape index (κ3) is 4.32. The van der Waals surface area contributed by atoms with Crippen molar-refractivity contribution >= 4 is 6.03 Å². The Bertz CT molecular complexity index is 496. The fourth-order valence-electron chi connectivity index (χ4n) is 2.22. The minimum absolute atomic E-state index is 0.0485. The zero-order chi connectivity index (χ0) is 15.2. The van der Waals surface area contributed by atoms with Gasteiger partial charge in [0.25, 0.3) is 0 Å². The molecule has 1 aliphatic heterocycles. The van der Waals surface area contributed by atoms with Crippen LogP contribution in [0.2, 0.25) is 0 Å². The Labute approximate surface area is 124 Å². The molecule has 1 fully saturated rings. The van der Waals surface area contributed by atoms with Crippen molar-refractivity contribution in [3.63, 3.8) is 0 Å². The summed E-state index contributed by atoms with van der Waals surface area (Å²) in [6, 6.07) is 4.56. The topological polar surface area (TPSA) is 50.8 Å². The monoisotopic (exact) mass is 296 g/mol. The summed E-state index contributed by atoms with van der Waals surface area (Å²) in [4.78, 5) is 13.7. The highest BCUT2D eigenvalue weighted by Gasteiger charge is 2.20. The Kier molecular flexibility index (Phi) is 5.38. The Morgan fingerprint density at radius 2 is 2.38 bits per heavy atom. The van der Waals surface area contributed by atoms with E-state index >= 15 is 0 Å². The summed E-state index contributed by atoms with van der Waals surface area (Å²) in [5.41, 5.74) is 0.700. The van der Waals surface area contributed by atoms with Gasteiger partial charge in [-0.1, -0.05) is 6.07 Å². The number of morpholine rings is 1. The molecule has 1 aromatic carbocycles. The molecule has 0 aliphatic carbocycles. The molecule has 0 saturated carbocycles. The highest BCUT2D eigenvalue weighted by atomic mass is 19.1. The van der Waals surface area contributed by atoms with Crippen molar-refractivity contribution in [2.24, 2.45) is 0 Å². The van der Waals surface area contributed by atoms with Crippen molar-refractivity contribution in [1.82, 2.24) is 10.2 Å². The molecule has 1 aromatic rings. The second kappa shape index (κ2) is 7.26. The van der Waals surface area contributed by atoms with Crippen LogP contribution in [-0.2, 0) is 11.3 Å².